The van der Waals surface area contributed by atoms with Crippen molar-refractivity contribution in [2.24, 2.45) is 0 Å². The Labute approximate surface area is 108 Å². The highest BCUT2D eigenvalue weighted by molar-refractivity contribution is 5.66. The Balaban J connectivity index is 2.11. The van der Waals surface area contributed by atoms with Crippen LogP contribution in [0.25, 0.3) is 0 Å². The van der Waals surface area contributed by atoms with E-state index in [4.69, 9.17) is 0 Å². The van der Waals surface area contributed by atoms with Crippen LogP contribution >= 0.6 is 0 Å². The number of carbonyl (C=O) groups excluding carboxylic acids is 1. The molecule has 0 atom stereocenters. The van der Waals surface area contributed by atoms with Gasteiger partial charge in [-0.2, -0.15) is 0 Å². The molecule has 0 radical (unpaired) electrons. The van der Waals surface area contributed by atoms with Gasteiger partial charge in [-0.3, -0.25) is 4.79 Å². The summed E-state index contributed by atoms with van der Waals surface area (Å²) >= 11 is 0. The minimum absolute atomic E-state index is 0.379. The van der Waals surface area contributed by atoms with Gasteiger partial charge in [-0.25, -0.2) is 4.98 Å². The van der Waals surface area contributed by atoms with E-state index < -0.39 is 0 Å². The topological polar surface area (TPSA) is 48.5 Å². The van der Waals surface area contributed by atoms with Gasteiger partial charge in [-0.1, -0.05) is 0 Å². The highest BCUT2D eigenvalue weighted by Gasteiger charge is 2.19. The molecule has 1 aliphatic rings. The highest BCUT2D eigenvalue weighted by Crippen LogP contribution is 2.24. The number of pyridine rings is 1. The lowest BCUT2D eigenvalue weighted by molar-refractivity contribution is -0.118. The SMILES string of the molecule is CC(C)Nc1cccnc1N1CCN(C=O)CC1. The summed E-state index contributed by atoms with van der Waals surface area (Å²) in [6.45, 7) is 7.43. The Bertz CT molecular complexity index is 400. The van der Waals surface area contributed by atoms with Crippen LogP contribution in [-0.4, -0.2) is 48.5 Å². The molecule has 98 valence electrons. The second kappa shape index (κ2) is 5.71. The number of rotatable bonds is 4. The van der Waals surface area contributed by atoms with E-state index in [0.717, 1.165) is 44.1 Å². The van der Waals surface area contributed by atoms with E-state index in [9.17, 15) is 4.79 Å². The number of anilines is 2. The van der Waals surface area contributed by atoms with Gasteiger partial charge in [0.15, 0.2) is 5.82 Å². The predicted octanol–water partition coefficient (Wildman–Crippen LogP) is 1.18. The molecule has 0 aliphatic carbocycles. The van der Waals surface area contributed by atoms with Crippen LogP contribution in [0.1, 0.15) is 13.8 Å². The molecule has 1 saturated heterocycles. The first kappa shape index (κ1) is 12.7. The number of nitrogens with zero attached hydrogens (tertiary/aromatic N) is 3. The fourth-order valence-electron chi connectivity index (χ4n) is 2.11. The third-order valence-corrected chi connectivity index (χ3v) is 2.99. The van der Waals surface area contributed by atoms with Crippen LogP contribution in [0.5, 0.6) is 0 Å². The van der Waals surface area contributed by atoms with E-state index >= 15 is 0 Å². The maximum absolute atomic E-state index is 10.7. The third kappa shape index (κ3) is 2.91. The quantitative estimate of drug-likeness (QED) is 0.813. The molecule has 5 nitrogen and oxygen atoms in total. The Morgan fingerprint density at radius 2 is 2.06 bits per heavy atom. The number of nitrogens with one attached hydrogen (secondary N) is 1. The van der Waals surface area contributed by atoms with Crippen molar-refractivity contribution in [1.29, 1.82) is 0 Å². The summed E-state index contributed by atoms with van der Waals surface area (Å²) in [6, 6.07) is 4.37. The summed E-state index contributed by atoms with van der Waals surface area (Å²) in [7, 11) is 0. The van der Waals surface area contributed by atoms with E-state index in [1.54, 1.807) is 4.90 Å². The van der Waals surface area contributed by atoms with Crippen LogP contribution in [0.15, 0.2) is 18.3 Å². The molecule has 0 bridgehead atoms. The average molecular weight is 248 g/mol. The number of hydrogen-bond donors (Lipinski definition) is 1. The van der Waals surface area contributed by atoms with Gasteiger partial charge in [0.2, 0.25) is 6.41 Å². The maximum Gasteiger partial charge on any atom is 0.209 e. The van der Waals surface area contributed by atoms with Crippen molar-refractivity contribution in [1.82, 2.24) is 9.88 Å². The van der Waals surface area contributed by atoms with E-state index in [1.165, 1.54) is 0 Å². The number of amides is 1. The van der Waals surface area contributed by atoms with Crippen LogP contribution < -0.4 is 10.2 Å². The molecule has 1 amide bonds. The molecule has 1 aromatic rings. The standard InChI is InChI=1S/C13H20N4O/c1-11(2)15-12-4-3-5-14-13(12)17-8-6-16(10-18)7-9-17/h3-5,10-11,15H,6-9H2,1-2H3. The third-order valence-electron chi connectivity index (χ3n) is 2.99. The molecule has 1 aromatic heterocycles. The summed E-state index contributed by atoms with van der Waals surface area (Å²) in [4.78, 5) is 19.2. The molecule has 1 fully saturated rings. The Hall–Kier alpha value is -1.78. The molecule has 2 rings (SSSR count). The van der Waals surface area contributed by atoms with Crippen molar-refractivity contribution < 1.29 is 4.79 Å². The van der Waals surface area contributed by atoms with Crippen LogP contribution in [0, 0.1) is 0 Å². The molecule has 18 heavy (non-hydrogen) atoms. The van der Waals surface area contributed by atoms with Gasteiger partial charge in [0.25, 0.3) is 0 Å². The number of aromatic nitrogens is 1. The zero-order valence-corrected chi connectivity index (χ0v) is 11.0. The average Bonchev–Trinajstić information content (AvgIpc) is 2.39. The minimum Gasteiger partial charge on any atom is -0.380 e. The smallest absolute Gasteiger partial charge is 0.209 e. The fourth-order valence-corrected chi connectivity index (χ4v) is 2.11. The van der Waals surface area contributed by atoms with Gasteiger partial charge < -0.3 is 15.1 Å². The molecule has 1 N–H and O–H groups in total. The fraction of sp³-hybridized carbons (Fsp3) is 0.538. The zero-order valence-electron chi connectivity index (χ0n) is 11.0. The Morgan fingerprint density at radius 3 is 2.67 bits per heavy atom. The molecule has 0 aromatic carbocycles. The van der Waals surface area contributed by atoms with E-state index in [1.807, 2.05) is 12.3 Å². The van der Waals surface area contributed by atoms with E-state index in [2.05, 4.69) is 35.1 Å². The lowest BCUT2D eigenvalue weighted by atomic mass is 10.2. The zero-order chi connectivity index (χ0) is 13.0. The summed E-state index contributed by atoms with van der Waals surface area (Å²) in [6.07, 6.45) is 2.73. The highest BCUT2D eigenvalue weighted by atomic mass is 16.1. The number of hydrogen-bond acceptors (Lipinski definition) is 4. The second-order valence-corrected chi connectivity index (χ2v) is 4.80. The first-order valence-corrected chi connectivity index (χ1v) is 6.36. The molecule has 0 unspecified atom stereocenters. The van der Waals surface area contributed by atoms with Crippen molar-refractivity contribution in [3.8, 4) is 0 Å². The van der Waals surface area contributed by atoms with Crippen LogP contribution in [0.4, 0.5) is 11.5 Å². The van der Waals surface area contributed by atoms with Crippen LogP contribution in [-0.2, 0) is 4.79 Å². The second-order valence-electron chi connectivity index (χ2n) is 4.80. The molecule has 1 aliphatic heterocycles. The van der Waals surface area contributed by atoms with E-state index in [0.29, 0.717) is 6.04 Å². The summed E-state index contributed by atoms with van der Waals surface area (Å²) in [5, 5.41) is 3.41. The van der Waals surface area contributed by atoms with Gasteiger partial charge in [-0.15, -0.1) is 0 Å². The van der Waals surface area contributed by atoms with Gasteiger partial charge in [0.1, 0.15) is 0 Å². The summed E-state index contributed by atoms with van der Waals surface area (Å²) in [5.41, 5.74) is 1.06. The van der Waals surface area contributed by atoms with Crippen LogP contribution in [0.2, 0.25) is 0 Å². The Morgan fingerprint density at radius 1 is 1.33 bits per heavy atom. The lowest BCUT2D eigenvalue weighted by Crippen LogP contribution is -2.46. The van der Waals surface area contributed by atoms with Crippen molar-refractivity contribution in [3.63, 3.8) is 0 Å². The lowest BCUT2D eigenvalue weighted by Gasteiger charge is -2.34. The molecule has 0 saturated carbocycles. The molecule has 2 heterocycles. The summed E-state index contributed by atoms with van der Waals surface area (Å²) in [5.74, 6) is 0.983. The molecular formula is C13H20N4O. The largest absolute Gasteiger partial charge is 0.380 e. The monoisotopic (exact) mass is 248 g/mol. The maximum atomic E-state index is 10.7. The minimum atomic E-state index is 0.379. The van der Waals surface area contributed by atoms with Crippen molar-refractivity contribution in [2.45, 2.75) is 19.9 Å². The van der Waals surface area contributed by atoms with E-state index in [-0.39, 0.29) is 0 Å². The summed E-state index contributed by atoms with van der Waals surface area (Å²) < 4.78 is 0. The normalized spacial score (nSPS) is 15.9. The number of piperazine rings is 1. The first-order chi connectivity index (χ1) is 8.70. The van der Waals surface area contributed by atoms with Crippen molar-refractivity contribution >= 4 is 17.9 Å². The van der Waals surface area contributed by atoms with Gasteiger partial charge in [0, 0.05) is 38.4 Å². The molecule has 0 spiro atoms. The van der Waals surface area contributed by atoms with Crippen molar-refractivity contribution in [2.75, 3.05) is 36.4 Å². The van der Waals surface area contributed by atoms with Gasteiger partial charge >= 0.3 is 0 Å². The van der Waals surface area contributed by atoms with Gasteiger partial charge in [0.05, 0.1) is 5.69 Å². The Kier molecular flexibility index (Phi) is 4.02. The predicted molar refractivity (Wildman–Crippen MR) is 72.8 cm³/mol. The first-order valence-electron chi connectivity index (χ1n) is 6.36. The van der Waals surface area contributed by atoms with Gasteiger partial charge in [-0.05, 0) is 26.0 Å². The van der Waals surface area contributed by atoms with Crippen molar-refractivity contribution in [3.05, 3.63) is 18.3 Å². The number of carbonyl (C=O) groups is 1. The molecule has 5 heteroatoms. The molecular weight excluding hydrogens is 228 g/mol. The van der Waals surface area contributed by atoms with Crippen LogP contribution in [0.3, 0.4) is 0 Å².